The molecule has 12 heteroatoms. The number of benzene rings is 1. The molecule has 1 heterocycles. The van der Waals surface area contributed by atoms with Crippen LogP contribution in [0.5, 0.6) is 0 Å². The number of nitro groups is 1. The second kappa shape index (κ2) is 6.83. The van der Waals surface area contributed by atoms with Crippen molar-refractivity contribution in [2.75, 3.05) is 18.1 Å². The first-order chi connectivity index (χ1) is 11.1. The van der Waals surface area contributed by atoms with Gasteiger partial charge >= 0.3 is 0 Å². The SMILES string of the molecule is O=C(CNS(=O)(=O)c1cccc([N+](=O)[O-])c1)NC1CCS(=O)(=O)C1. The third kappa shape index (κ3) is 4.72. The molecule has 1 unspecified atom stereocenters. The third-order valence-corrected chi connectivity index (χ3v) is 6.53. The molecule has 10 nitrogen and oxygen atoms in total. The number of nitrogens with one attached hydrogen (secondary N) is 2. The van der Waals surface area contributed by atoms with Gasteiger partial charge in [-0.2, -0.15) is 0 Å². The maximum Gasteiger partial charge on any atom is 0.270 e. The van der Waals surface area contributed by atoms with Gasteiger partial charge in [0, 0.05) is 18.2 Å². The predicted molar refractivity (Wildman–Crippen MR) is 83.5 cm³/mol. The summed E-state index contributed by atoms with van der Waals surface area (Å²) in [5, 5.41) is 13.1. The zero-order valence-corrected chi connectivity index (χ0v) is 14.0. The van der Waals surface area contributed by atoms with Gasteiger partial charge in [-0.15, -0.1) is 0 Å². The number of sulfonamides is 1. The number of rotatable bonds is 6. The van der Waals surface area contributed by atoms with Crippen LogP contribution in [0.1, 0.15) is 6.42 Å². The van der Waals surface area contributed by atoms with E-state index in [9.17, 15) is 31.7 Å². The highest BCUT2D eigenvalue weighted by molar-refractivity contribution is 7.91. The van der Waals surface area contributed by atoms with Crippen LogP contribution in [0.3, 0.4) is 0 Å². The Hall–Kier alpha value is -2.05. The molecule has 1 atom stereocenters. The van der Waals surface area contributed by atoms with Crippen molar-refractivity contribution in [3.05, 3.63) is 34.4 Å². The molecule has 0 radical (unpaired) electrons. The number of nitrogens with zero attached hydrogens (tertiary/aromatic N) is 1. The van der Waals surface area contributed by atoms with Crippen LogP contribution < -0.4 is 10.0 Å². The van der Waals surface area contributed by atoms with Gasteiger partial charge in [-0.25, -0.2) is 21.6 Å². The van der Waals surface area contributed by atoms with E-state index in [1.807, 2.05) is 4.72 Å². The molecule has 0 spiro atoms. The quantitative estimate of drug-likeness (QED) is 0.485. The lowest BCUT2D eigenvalue weighted by Crippen LogP contribution is -2.42. The van der Waals surface area contributed by atoms with E-state index in [4.69, 9.17) is 0 Å². The number of amides is 1. The minimum atomic E-state index is -4.10. The van der Waals surface area contributed by atoms with Crippen molar-refractivity contribution in [2.45, 2.75) is 17.4 Å². The fraction of sp³-hybridized carbons (Fsp3) is 0.417. The number of nitro benzene ring substituents is 1. The van der Waals surface area contributed by atoms with Crippen LogP contribution in [-0.2, 0) is 24.7 Å². The third-order valence-electron chi connectivity index (χ3n) is 3.36. The average molecular weight is 377 g/mol. The van der Waals surface area contributed by atoms with Gasteiger partial charge in [0.15, 0.2) is 9.84 Å². The summed E-state index contributed by atoms with van der Waals surface area (Å²) >= 11 is 0. The maximum absolute atomic E-state index is 12.0. The molecule has 1 aliphatic heterocycles. The van der Waals surface area contributed by atoms with Crippen molar-refractivity contribution in [1.82, 2.24) is 10.0 Å². The minimum absolute atomic E-state index is 0.0165. The highest BCUT2D eigenvalue weighted by Crippen LogP contribution is 2.17. The van der Waals surface area contributed by atoms with E-state index in [2.05, 4.69) is 5.32 Å². The summed E-state index contributed by atoms with van der Waals surface area (Å²) in [7, 11) is -7.26. The second-order valence-corrected chi connectivity index (χ2v) is 9.24. The van der Waals surface area contributed by atoms with E-state index in [0.717, 1.165) is 18.2 Å². The van der Waals surface area contributed by atoms with Crippen LogP contribution in [0.25, 0.3) is 0 Å². The van der Waals surface area contributed by atoms with E-state index >= 15 is 0 Å². The smallest absolute Gasteiger partial charge is 0.270 e. The Bertz CT molecular complexity index is 864. The number of hydrogen-bond acceptors (Lipinski definition) is 7. The molecule has 0 bridgehead atoms. The summed E-state index contributed by atoms with van der Waals surface area (Å²) in [6.45, 7) is -0.596. The molecule has 0 aliphatic carbocycles. The first-order valence-electron chi connectivity index (χ1n) is 6.83. The fourth-order valence-corrected chi connectivity index (χ4v) is 4.89. The van der Waals surface area contributed by atoms with Gasteiger partial charge < -0.3 is 5.32 Å². The highest BCUT2D eigenvalue weighted by atomic mass is 32.2. The molecular weight excluding hydrogens is 362 g/mol. The van der Waals surface area contributed by atoms with Crippen LogP contribution in [0.4, 0.5) is 5.69 Å². The zero-order chi connectivity index (χ0) is 18.0. The molecular formula is C12H15N3O7S2. The summed E-state index contributed by atoms with van der Waals surface area (Å²) in [5.74, 6) is -0.862. The van der Waals surface area contributed by atoms with Crippen LogP contribution in [-0.4, -0.2) is 51.8 Å². The molecule has 1 amide bonds. The molecule has 1 fully saturated rings. The number of hydrogen-bond donors (Lipinski definition) is 2. The summed E-state index contributed by atoms with van der Waals surface area (Å²) in [6.07, 6.45) is 0.283. The molecule has 24 heavy (non-hydrogen) atoms. The van der Waals surface area contributed by atoms with Crippen LogP contribution in [0, 0.1) is 10.1 Å². The first-order valence-corrected chi connectivity index (χ1v) is 10.1. The molecule has 1 saturated heterocycles. The number of sulfone groups is 1. The molecule has 1 aliphatic rings. The molecule has 132 valence electrons. The van der Waals surface area contributed by atoms with Crippen molar-refractivity contribution in [2.24, 2.45) is 0 Å². The molecule has 1 aromatic rings. The molecule has 0 saturated carbocycles. The van der Waals surface area contributed by atoms with Crippen LogP contribution >= 0.6 is 0 Å². The van der Waals surface area contributed by atoms with Crippen molar-refractivity contribution in [3.63, 3.8) is 0 Å². The largest absolute Gasteiger partial charge is 0.351 e. The Morgan fingerprint density at radius 1 is 1.38 bits per heavy atom. The Kier molecular flexibility index (Phi) is 5.20. The number of non-ortho nitro benzene ring substituents is 1. The lowest BCUT2D eigenvalue weighted by Gasteiger charge is -2.11. The van der Waals surface area contributed by atoms with Gasteiger partial charge in [0.25, 0.3) is 5.69 Å². The summed E-state index contributed by atoms with van der Waals surface area (Å²) in [4.78, 5) is 21.3. The monoisotopic (exact) mass is 377 g/mol. The minimum Gasteiger partial charge on any atom is -0.351 e. The summed E-state index contributed by atoms with van der Waals surface area (Å²) in [6, 6.07) is 3.87. The van der Waals surface area contributed by atoms with Gasteiger partial charge in [-0.3, -0.25) is 14.9 Å². The molecule has 1 aromatic carbocycles. The fourth-order valence-electron chi connectivity index (χ4n) is 2.20. The van der Waals surface area contributed by atoms with Crippen LogP contribution in [0.2, 0.25) is 0 Å². The Labute approximate surface area is 138 Å². The maximum atomic E-state index is 12.0. The first kappa shape index (κ1) is 18.3. The lowest BCUT2D eigenvalue weighted by molar-refractivity contribution is -0.385. The van der Waals surface area contributed by atoms with Crippen molar-refractivity contribution >= 4 is 31.5 Å². The predicted octanol–water partition coefficient (Wildman–Crippen LogP) is -0.824. The van der Waals surface area contributed by atoms with Crippen molar-refractivity contribution < 1.29 is 26.6 Å². The van der Waals surface area contributed by atoms with Gasteiger partial charge in [-0.05, 0) is 12.5 Å². The van der Waals surface area contributed by atoms with E-state index in [0.29, 0.717) is 0 Å². The number of carbonyl (C=O) groups is 1. The lowest BCUT2D eigenvalue weighted by atomic mass is 10.2. The molecule has 2 N–H and O–H groups in total. The standard InChI is InChI=1S/C12H15N3O7S2/c16-12(14-9-4-5-23(19,20)8-9)7-13-24(21,22)11-3-1-2-10(6-11)15(17)18/h1-3,6,9,13H,4-5,7-8H2,(H,14,16). The second-order valence-electron chi connectivity index (χ2n) is 5.25. The Morgan fingerprint density at radius 3 is 2.67 bits per heavy atom. The average Bonchev–Trinajstić information content (AvgIpc) is 2.84. The zero-order valence-electron chi connectivity index (χ0n) is 12.3. The van der Waals surface area contributed by atoms with E-state index in [-0.39, 0.29) is 22.8 Å². The van der Waals surface area contributed by atoms with Gasteiger partial charge in [0.2, 0.25) is 15.9 Å². The summed E-state index contributed by atoms with van der Waals surface area (Å²) < 4.78 is 48.7. The van der Waals surface area contributed by atoms with E-state index < -0.39 is 49.0 Å². The topological polar surface area (TPSA) is 153 Å². The highest BCUT2D eigenvalue weighted by Gasteiger charge is 2.29. The Balaban J connectivity index is 1.96. The van der Waals surface area contributed by atoms with Gasteiger partial charge in [-0.1, -0.05) is 6.07 Å². The van der Waals surface area contributed by atoms with Crippen molar-refractivity contribution in [1.29, 1.82) is 0 Å². The van der Waals surface area contributed by atoms with Crippen LogP contribution in [0.15, 0.2) is 29.2 Å². The normalized spacial score (nSPS) is 19.8. The molecule has 0 aromatic heterocycles. The number of carbonyl (C=O) groups excluding carboxylic acids is 1. The van der Waals surface area contributed by atoms with Gasteiger partial charge in [0.1, 0.15) is 0 Å². The molecule has 2 rings (SSSR count). The van der Waals surface area contributed by atoms with Crippen molar-refractivity contribution in [3.8, 4) is 0 Å². The van der Waals surface area contributed by atoms with E-state index in [1.165, 1.54) is 6.07 Å². The van der Waals surface area contributed by atoms with E-state index in [1.54, 1.807) is 0 Å². The van der Waals surface area contributed by atoms with Gasteiger partial charge in [0.05, 0.1) is 27.9 Å². The Morgan fingerprint density at radius 2 is 2.08 bits per heavy atom. The summed E-state index contributed by atoms with van der Waals surface area (Å²) in [5.41, 5.74) is -0.390.